The van der Waals surface area contributed by atoms with Crippen LogP contribution in [-0.2, 0) is 0 Å². The highest BCUT2D eigenvalue weighted by atomic mass is 14.1. The fraction of sp³-hybridized carbons (Fsp3) is 0.125. The van der Waals surface area contributed by atoms with Crippen molar-refractivity contribution >= 4 is 16.3 Å². The van der Waals surface area contributed by atoms with Crippen molar-refractivity contribution in [2.45, 2.75) is 13.3 Å². The van der Waals surface area contributed by atoms with Crippen molar-refractivity contribution in [3.8, 4) is 0 Å². The van der Waals surface area contributed by atoms with Crippen LogP contribution in [-0.4, -0.2) is 0 Å². The summed E-state index contributed by atoms with van der Waals surface area (Å²) in [4.78, 5) is 0. The average Bonchev–Trinajstić information content (AvgIpc) is 2.75. The van der Waals surface area contributed by atoms with Gasteiger partial charge in [0.05, 0.1) is 0 Å². The number of rotatable bonds is 1. The summed E-state index contributed by atoms with van der Waals surface area (Å²) in [6, 6.07) is 15.1. The minimum Gasteiger partial charge on any atom is -0.0726 e. The zero-order chi connectivity index (χ0) is 11.0. The Hall–Kier alpha value is -1.82. The van der Waals surface area contributed by atoms with Crippen molar-refractivity contribution in [1.82, 2.24) is 0 Å². The van der Waals surface area contributed by atoms with Crippen molar-refractivity contribution in [2.24, 2.45) is 0 Å². The van der Waals surface area contributed by atoms with E-state index in [1.165, 1.54) is 27.5 Å². The summed E-state index contributed by atoms with van der Waals surface area (Å²) < 4.78 is 0. The third-order valence-corrected chi connectivity index (χ3v) is 3.15. The summed E-state index contributed by atoms with van der Waals surface area (Å²) in [5.41, 5.74) is 4.17. The molecule has 0 N–H and O–H groups in total. The lowest BCUT2D eigenvalue weighted by molar-refractivity contribution is 1.25. The Balaban J connectivity index is 2.25. The molecule has 0 spiro atoms. The van der Waals surface area contributed by atoms with Gasteiger partial charge in [0.15, 0.2) is 0 Å². The van der Waals surface area contributed by atoms with Crippen LogP contribution in [0.2, 0.25) is 0 Å². The highest BCUT2D eigenvalue weighted by Gasteiger charge is 2.08. The molecule has 1 aliphatic carbocycles. The Kier molecular flexibility index (Phi) is 2.14. The molecular formula is C16H14. The first-order valence-electron chi connectivity index (χ1n) is 5.70. The smallest absolute Gasteiger partial charge is 0.0106 e. The van der Waals surface area contributed by atoms with Gasteiger partial charge in [0, 0.05) is 0 Å². The number of allylic oxidation sites excluding steroid dienone is 4. The standard InChI is InChI=1S/C16H14/c1-12-9-10-14(11-12)16-8-4-6-13-5-2-3-7-15(13)16/h2-8,10-11H,9H2,1H3. The Morgan fingerprint density at radius 3 is 2.56 bits per heavy atom. The second-order valence-corrected chi connectivity index (χ2v) is 4.38. The number of fused-ring (bicyclic) bond motifs is 1. The third kappa shape index (κ3) is 1.47. The summed E-state index contributed by atoms with van der Waals surface area (Å²) in [7, 11) is 0. The molecule has 0 saturated carbocycles. The summed E-state index contributed by atoms with van der Waals surface area (Å²) in [5.74, 6) is 0. The first kappa shape index (κ1) is 9.41. The van der Waals surface area contributed by atoms with E-state index in [1.54, 1.807) is 0 Å². The van der Waals surface area contributed by atoms with Crippen molar-refractivity contribution in [3.05, 3.63) is 65.8 Å². The monoisotopic (exact) mass is 206 g/mol. The molecule has 0 unspecified atom stereocenters. The quantitative estimate of drug-likeness (QED) is 0.641. The summed E-state index contributed by atoms with van der Waals surface area (Å²) in [5, 5.41) is 2.67. The predicted molar refractivity (Wildman–Crippen MR) is 70.3 cm³/mol. The Labute approximate surface area is 95.9 Å². The van der Waals surface area contributed by atoms with E-state index in [0.717, 1.165) is 6.42 Å². The molecule has 0 aromatic heterocycles. The average molecular weight is 206 g/mol. The summed E-state index contributed by atoms with van der Waals surface area (Å²) in [6.45, 7) is 2.19. The molecule has 0 radical (unpaired) electrons. The van der Waals surface area contributed by atoms with E-state index in [2.05, 4.69) is 61.5 Å². The van der Waals surface area contributed by atoms with Crippen LogP contribution in [0.3, 0.4) is 0 Å². The van der Waals surface area contributed by atoms with E-state index in [9.17, 15) is 0 Å². The van der Waals surface area contributed by atoms with Crippen LogP contribution in [0.25, 0.3) is 16.3 Å². The minimum absolute atomic E-state index is 1.10. The molecule has 0 aliphatic heterocycles. The number of hydrogen-bond acceptors (Lipinski definition) is 0. The molecule has 2 aromatic rings. The lowest BCUT2D eigenvalue weighted by Gasteiger charge is -2.05. The van der Waals surface area contributed by atoms with Crippen LogP contribution < -0.4 is 0 Å². The van der Waals surface area contributed by atoms with Gasteiger partial charge in [0.2, 0.25) is 0 Å². The Morgan fingerprint density at radius 2 is 1.75 bits per heavy atom. The predicted octanol–water partition coefficient (Wildman–Crippen LogP) is 4.57. The molecule has 78 valence electrons. The summed E-state index contributed by atoms with van der Waals surface area (Å²) >= 11 is 0. The van der Waals surface area contributed by atoms with Crippen molar-refractivity contribution in [3.63, 3.8) is 0 Å². The maximum Gasteiger partial charge on any atom is -0.0106 e. The van der Waals surface area contributed by atoms with Crippen LogP contribution in [0, 0.1) is 0 Å². The maximum atomic E-state index is 2.32. The molecule has 3 rings (SSSR count). The van der Waals surface area contributed by atoms with Gasteiger partial charge in [-0.25, -0.2) is 0 Å². The van der Waals surface area contributed by atoms with Gasteiger partial charge in [-0.3, -0.25) is 0 Å². The SMILES string of the molecule is CC1=CC(c2cccc3ccccc23)=CC1. The molecule has 0 fully saturated rings. The van der Waals surface area contributed by atoms with Crippen LogP contribution in [0.1, 0.15) is 18.9 Å². The molecule has 0 saturated heterocycles. The van der Waals surface area contributed by atoms with Gasteiger partial charge >= 0.3 is 0 Å². The molecule has 0 atom stereocenters. The van der Waals surface area contributed by atoms with E-state index >= 15 is 0 Å². The number of hydrogen-bond donors (Lipinski definition) is 0. The van der Waals surface area contributed by atoms with E-state index in [1.807, 2.05) is 0 Å². The second-order valence-electron chi connectivity index (χ2n) is 4.38. The number of benzene rings is 2. The van der Waals surface area contributed by atoms with Gasteiger partial charge < -0.3 is 0 Å². The van der Waals surface area contributed by atoms with E-state index < -0.39 is 0 Å². The lowest BCUT2D eigenvalue weighted by Crippen LogP contribution is -1.82. The molecule has 1 aliphatic rings. The normalized spacial score (nSPS) is 15.1. The fourth-order valence-corrected chi connectivity index (χ4v) is 2.32. The van der Waals surface area contributed by atoms with E-state index in [0.29, 0.717) is 0 Å². The Morgan fingerprint density at radius 1 is 0.938 bits per heavy atom. The van der Waals surface area contributed by atoms with Gasteiger partial charge in [0.1, 0.15) is 0 Å². The van der Waals surface area contributed by atoms with Gasteiger partial charge in [0.25, 0.3) is 0 Å². The van der Waals surface area contributed by atoms with Crippen LogP contribution in [0.15, 0.2) is 60.2 Å². The van der Waals surface area contributed by atoms with Crippen LogP contribution >= 0.6 is 0 Å². The van der Waals surface area contributed by atoms with Gasteiger partial charge in [-0.2, -0.15) is 0 Å². The zero-order valence-corrected chi connectivity index (χ0v) is 9.40. The first-order valence-corrected chi connectivity index (χ1v) is 5.70. The molecular weight excluding hydrogens is 192 g/mol. The Bertz CT molecular complexity index is 595. The highest BCUT2D eigenvalue weighted by molar-refractivity contribution is 5.96. The largest absolute Gasteiger partial charge is 0.0726 e. The van der Waals surface area contributed by atoms with Crippen LogP contribution in [0.4, 0.5) is 0 Å². The molecule has 16 heavy (non-hydrogen) atoms. The zero-order valence-electron chi connectivity index (χ0n) is 9.40. The maximum absolute atomic E-state index is 2.32. The lowest BCUT2D eigenvalue weighted by atomic mass is 9.99. The van der Waals surface area contributed by atoms with E-state index in [4.69, 9.17) is 0 Å². The first-order chi connectivity index (χ1) is 7.84. The summed E-state index contributed by atoms with van der Waals surface area (Å²) in [6.07, 6.45) is 5.71. The topological polar surface area (TPSA) is 0 Å². The van der Waals surface area contributed by atoms with Crippen LogP contribution in [0.5, 0.6) is 0 Å². The van der Waals surface area contributed by atoms with Crippen molar-refractivity contribution < 1.29 is 0 Å². The third-order valence-electron chi connectivity index (χ3n) is 3.15. The highest BCUT2D eigenvalue weighted by Crippen LogP contribution is 2.30. The van der Waals surface area contributed by atoms with Gasteiger partial charge in [-0.1, -0.05) is 60.2 Å². The molecule has 0 nitrogen and oxygen atoms in total. The molecule has 0 amide bonds. The molecule has 0 heterocycles. The van der Waals surface area contributed by atoms with Crippen molar-refractivity contribution in [2.75, 3.05) is 0 Å². The molecule has 2 aromatic carbocycles. The van der Waals surface area contributed by atoms with Gasteiger partial charge in [-0.15, -0.1) is 0 Å². The minimum atomic E-state index is 1.10. The fourth-order valence-electron chi connectivity index (χ4n) is 2.32. The second kappa shape index (κ2) is 3.64. The molecule has 0 heteroatoms. The van der Waals surface area contributed by atoms with Crippen molar-refractivity contribution in [1.29, 1.82) is 0 Å². The molecule has 0 bridgehead atoms. The van der Waals surface area contributed by atoms with E-state index in [-0.39, 0.29) is 0 Å². The van der Waals surface area contributed by atoms with Gasteiger partial charge in [-0.05, 0) is 35.3 Å².